The van der Waals surface area contributed by atoms with Gasteiger partial charge in [0.25, 0.3) is 5.91 Å². The second kappa shape index (κ2) is 12.6. The van der Waals surface area contributed by atoms with Crippen LogP contribution in [0.4, 0.5) is 0 Å². The number of aromatic nitrogens is 5. The van der Waals surface area contributed by atoms with Crippen molar-refractivity contribution in [2.45, 2.75) is 18.5 Å². The normalized spacial score (nSPS) is 12.3. The van der Waals surface area contributed by atoms with Crippen LogP contribution in [-0.2, 0) is 5.54 Å². The number of rotatable bonds is 8. The van der Waals surface area contributed by atoms with E-state index in [-0.39, 0.29) is 17.8 Å². The molecule has 2 N–H and O–H groups in total. The summed E-state index contributed by atoms with van der Waals surface area (Å²) in [7, 11) is 0. The van der Waals surface area contributed by atoms with Gasteiger partial charge in [-0.15, -0.1) is 0 Å². The number of nitrogens with one attached hydrogen (secondary N) is 2. The summed E-state index contributed by atoms with van der Waals surface area (Å²) in [4.78, 5) is 25.9. The molecule has 0 aliphatic carbocycles. The van der Waals surface area contributed by atoms with Gasteiger partial charge in [-0.1, -0.05) is 119 Å². The molecule has 1 amide bonds. The first-order valence-electron chi connectivity index (χ1n) is 16.1. The summed E-state index contributed by atoms with van der Waals surface area (Å²) in [6.45, 7) is 1.96. The van der Waals surface area contributed by atoms with Gasteiger partial charge in [-0.2, -0.15) is 5.10 Å². The van der Waals surface area contributed by atoms with E-state index in [0.29, 0.717) is 5.52 Å². The van der Waals surface area contributed by atoms with Gasteiger partial charge in [-0.05, 0) is 65.6 Å². The fourth-order valence-corrected chi connectivity index (χ4v) is 7.15. The van der Waals surface area contributed by atoms with Crippen LogP contribution in [0.15, 0.2) is 156 Å². The molecule has 1 atom stereocenters. The third-order valence-corrected chi connectivity index (χ3v) is 9.53. The van der Waals surface area contributed by atoms with Crippen LogP contribution >= 0.6 is 15.9 Å². The number of aromatic amines is 1. The van der Waals surface area contributed by atoms with Crippen LogP contribution in [0.2, 0.25) is 0 Å². The Bertz CT molecular complexity index is 2310. The molecular formula is C41H31BrN6O. The SMILES string of the molecule is C[C@@H](NC(=O)c1nc2cc3c(-c4ccncc4)nn(C(c4ccccc4)(c4ccccc4)c4ccccc4)c3cc2[nH]1)c1cccc(Br)c1. The van der Waals surface area contributed by atoms with Gasteiger partial charge in [0.15, 0.2) is 5.82 Å². The number of carbonyl (C=O) groups is 1. The summed E-state index contributed by atoms with van der Waals surface area (Å²) >= 11 is 3.53. The molecule has 8 rings (SSSR count). The fraction of sp³-hybridized carbons (Fsp3) is 0.0732. The average Bonchev–Trinajstić information content (AvgIpc) is 3.74. The standard InChI is InChI=1S/C41H31BrN6O/c1-27(29-12-11-19-33(42)24-29)44-40(49)39-45-35-25-34-37(26-36(35)46-39)48(47-38(34)28-20-22-43-23-21-28)41(30-13-5-2-6-14-30,31-15-7-3-8-16-31)32-17-9-4-10-18-32/h2-27H,1H3,(H,44,49)(H,45,46)/t27-/m1/s1. The zero-order valence-corrected chi connectivity index (χ0v) is 28.2. The van der Waals surface area contributed by atoms with E-state index in [2.05, 4.69) is 115 Å². The maximum absolute atomic E-state index is 13.5. The number of nitrogens with zero attached hydrogens (tertiary/aromatic N) is 4. The molecule has 0 saturated heterocycles. The third kappa shape index (κ3) is 5.40. The van der Waals surface area contributed by atoms with Crippen molar-refractivity contribution in [1.29, 1.82) is 0 Å². The Hall–Kier alpha value is -5.86. The van der Waals surface area contributed by atoms with Gasteiger partial charge in [-0.3, -0.25) is 9.78 Å². The Morgan fingerprint density at radius 3 is 1.98 bits per heavy atom. The lowest BCUT2D eigenvalue weighted by atomic mass is 9.77. The topological polar surface area (TPSA) is 88.5 Å². The summed E-state index contributed by atoms with van der Waals surface area (Å²) in [5, 5.41) is 9.47. The van der Waals surface area contributed by atoms with Gasteiger partial charge in [-0.25, -0.2) is 9.67 Å². The first-order chi connectivity index (χ1) is 24.0. The zero-order valence-electron chi connectivity index (χ0n) is 26.6. The second-order valence-electron chi connectivity index (χ2n) is 12.0. The van der Waals surface area contributed by atoms with Crippen LogP contribution in [-0.4, -0.2) is 30.6 Å². The summed E-state index contributed by atoms with van der Waals surface area (Å²) < 4.78 is 3.09. The van der Waals surface area contributed by atoms with Gasteiger partial charge in [0, 0.05) is 27.8 Å². The highest BCUT2D eigenvalue weighted by molar-refractivity contribution is 9.10. The molecule has 8 heteroatoms. The molecule has 3 aromatic heterocycles. The van der Waals surface area contributed by atoms with E-state index < -0.39 is 5.54 Å². The summed E-state index contributed by atoms with van der Waals surface area (Å²) in [6.07, 6.45) is 3.56. The van der Waals surface area contributed by atoms with Crippen LogP contribution < -0.4 is 5.32 Å². The van der Waals surface area contributed by atoms with Crippen molar-refractivity contribution in [3.8, 4) is 11.3 Å². The number of fused-ring (bicyclic) bond motifs is 2. The minimum absolute atomic E-state index is 0.215. The number of benzene rings is 5. The van der Waals surface area contributed by atoms with E-state index in [4.69, 9.17) is 10.1 Å². The molecule has 0 bridgehead atoms. The van der Waals surface area contributed by atoms with Crippen molar-refractivity contribution in [1.82, 2.24) is 30.0 Å². The Morgan fingerprint density at radius 1 is 0.776 bits per heavy atom. The molecule has 5 aromatic carbocycles. The predicted molar refractivity (Wildman–Crippen MR) is 197 cm³/mol. The smallest absolute Gasteiger partial charge is 0.287 e. The van der Waals surface area contributed by atoms with Crippen molar-refractivity contribution in [2.24, 2.45) is 0 Å². The quantitative estimate of drug-likeness (QED) is 0.155. The molecule has 0 spiro atoms. The number of amides is 1. The summed E-state index contributed by atoms with van der Waals surface area (Å²) in [5.41, 5.74) is 7.34. The van der Waals surface area contributed by atoms with Gasteiger partial charge in [0.2, 0.25) is 0 Å². The highest BCUT2D eigenvalue weighted by Crippen LogP contribution is 2.44. The largest absolute Gasteiger partial charge is 0.343 e. The van der Waals surface area contributed by atoms with Gasteiger partial charge < -0.3 is 10.3 Å². The van der Waals surface area contributed by atoms with Crippen molar-refractivity contribution in [3.05, 3.63) is 184 Å². The lowest BCUT2D eigenvalue weighted by Crippen LogP contribution is -2.38. The minimum atomic E-state index is -0.847. The molecule has 238 valence electrons. The van der Waals surface area contributed by atoms with E-state index in [1.54, 1.807) is 12.4 Å². The van der Waals surface area contributed by atoms with Gasteiger partial charge in [0.05, 0.1) is 22.6 Å². The Labute approximate surface area is 291 Å². The maximum atomic E-state index is 13.5. The van der Waals surface area contributed by atoms with Crippen LogP contribution in [0.1, 0.15) is 45.8 Å². The Morgan fingerprint density at radius 2 is 1.39 bits per heavy atom. The van der Waals surface area contributed by atoms with E-state index in [1.807, 2.05) is 67.6 Å². The third-order valence-electron chi connectivity index (χ3n) is 9.04. The number of hydrogen-bond donors (Lipinski definition) is 2. The minimum Gasteiger partial charge on any atom is -0.343 e. The highest BCUT2D eigenvalue weighted by Gasteiger charge is 2.41. The van der Waals surface area contributed by atoms with Crippen LogP contribution in [0.3, 0.4) is 0 Å². The second-order valence-corrected chi connectivity index (χ2v) is 12.9. The van der Waals surface area contributed by atoms with E-state index >= 15 is 0 Å². The number of imidazole rings is 1. The lowest BCUT2D eigenvalue weighted by molar-refractivity contribution is 0.0930. The summed E-state index contributed by atoms with van der Waals surface area (Å²) in [6, 6.07) is 47.2. The molecule has 0 aliphatic rings. The molecule has 7 nitrogen and oxygen atoms in total. The van der Waals surface area contributed by atoms with E-state index in [9.17, 15) is 4.79 Å². The Kier molecular flexibility index (Phi) is 7.86. The van der Waals surface area contributed by atoms with Crippen molar-refractivity contribution in [3.63, 3.8) is 0 Å². The highest BCUT2D eigenvalue weighted by atomic mass is 79.9. The number of hydrogen-bond acceptors (Lipinski definition) is 4. The molecule has 0 fully saturated rings. The maximum Gasteiger partial charge on any atom is 0.287 e. The number of H-pyrrole nitrogens is 1. The molecule has 8 aromatic rings. The number of halogens is 1. The fourth-order valence-electron chi connectivity index (χ4n) is 6.73. The van der Waals surface area contributed by atoms with Crippen molar-refractivity contribution < 1.29 is 4.79 Å². The molecule has 0 aliphatic heterocycles. The molecule has 0 radical (unpaired) electrons. The zero-order chi connectivity index (χ0) is 33.4. The molecule has 0 saturated carbocycles. The van der Waals surface area contributed by atoms with Crippen LogP contribution in [0.25, 0.3) is 33.2 Å². The number of pyridine rings is 1. The van der Waals surface area contributed by atoms with Crippen molar-refractivity contribution >= 4 is 43.8 Å². The van der Waals surface area contributed by atoms with Gasteiger partial charge in [0.1, 0.15) is 11.2 Å². The van der Waals surface area contributed by atoms with E-state index in [0.717, 1.165) is 54.4 Å². The van der Waals surface area contributed by atoms with Crippen LogP contribution in [0.5, 0.6) is 0 Å². The molecular weight excluding hydrogens is 672 g/mol. The summed E-state index contributed by atoms with van der Waals surface area (Å²) in [5.74, 6) is -0.0363. The first kappa shape index (κ1) is 30.5. The predicted octanol–water partition coefficient (Wildman–Crippen LogP) is 9.07. The molecule has 0 unspecified atom stereocenters. The monoisotopic (exact) mass is 702 g/mol. The van der Waals surface area contributed by atoms with Crippen LogP contribution in [0, 0.1) is 0 Å². The Balaban J connectivity index is 1.37. The molecule has 3 heterocycles. The van der Waals surface area contributed by atoms with Crippen molar-refractivity contribution in [2.75, 3.05) is 0 Å². The number of carbonyl (C=O) groups excluding carboxylic acids is 1. The average molecular weight is 704 g/mol. The molecule has 49 heavy (non-hydrogen) atoms. The first-order valence-corrected chi connectivity index (χ1v) is 16.9. The van der Waals surface area contributed by atoms with E-state index in [1.165, 1.54) is 0 Å². The lowest BCUT2D eigenvalue weighted by Gasteiger charge is -2.37. The van der Waals surface area contributed by atoms with Gasteiger partial charge >= 0.3 is 0 Å².